The number of anilines is 1. The molecule has 4 heterocycles. The number of rotatable bonds is 1. The van der Waals surface area contributed by atoms with Crippen molar-refractivity contribution in [1.29, 1.82) is 0 Å². The predicted octanol–water partition coefficient (Wildman–Crippen LogP) is 2.07. The fourth-order valence-electron chi connectivity index (χ4n) is 3.58. The van der Waals surface area contributed by atoms with Crippen LogP contribution in [0.15, 0.2) is 36.7 Å². The van der Waals surface area contributed by atoms with Crippen molar-refractivity contribution >= 4 is 16.9 Å². The van der Waals surface area contributed by atoms with Gasteiger partial charge < -0.3 is 27.6 Å². The molecule has 0 unspecified atom stereocenters. The fourth-order valence-corrected chi connectivity index (χ4v) is 3.58. The van der Waals surface area contributed by atoms with Crippen molar-refractivity contribution in [3.8, 4) is 5.75 Å². The molecule has 2 aliphatic heterocycles. The summed E-state index contributed by atoms with van der Waals surface area (Å²) in [5.74, 6) is 2.34. The van der Waals surface area contributed by atoms with E-state index in [9.17, 15) is 0 Å². The van der Waals surface area contributed by atoms with Gasteiger partial charge in [0.15, 0.2) is 0 Å². The molecule has 0 spiro atoms. The number of nitrogens with zero attached hydrogens (tertiary/aromatic N) is 2. The Morgan fingerprint density at radius 2 is 1.74 bits per heavy atom. The van der Waals surface area contributed by atoms with Gasteiger partial charge in [0.1, 0.15) is 23.5 Å². The molecule has 6 nitrogen and oxygen atoms in total. The van der Waals surface area contributed by atoms with Crippen molar-refractivity contribution in [3.05, 3.63) is 55.3 Å². The Labute approximate surface area is 244 Å². The van der Waals surface area contributed by atoms with Crippen LogP contribution < -0.4 is 79.4 Å². The van der Waals surface area contributed by atoms with Crippen LogP contribution in [0.5, 0.6) is 5.75 Å². The van der Waals surface area contributed by atoms with Crippen molar-refractivity contribution in [2.45, 2.75) is 50.9 Å². The largest absolute Gasteiger partial charge is 1.00 e. The number of nitrogen functional groups attached to an aromatic ring is 1. The van der Waals surface area contributed by atoms with Crippen LogP contribution in [0.2, 0.25) is 0 Å². The van der Waals surface area contributed by atoms with E-state index in [2.05, 4.69) is 33.2 Å². The fraction of sp³-hybridized carbons (Fsp3) is 0.458. The average molecular weight is 542 g/mol. The summed E-state index contributed by atoms with van der Waals surface area (Å²) in [6.45, 7) is 2.89. The molecule has 0 atom stereocenters. The van der Waals surface area contributed by atoms with Crippen molar-refractivity contribution in [2.24, 2.45) is 0 Å². The molecule has 0 amide bonds. The summed E-state index contributed by atoms with van der Waals surface area (Å²) in [6.07, 6.45) is 10.3. The summed E-state index contributed by atoms with van der Waals surface area (Å²) < 4.78 is 10.5. The Balaban J connectivity index is 0.000000170. The van der Waals surface area contributed by atoms with E-state index in [1.165, 1.54) is 56.1 Å². The number of ether oxygens (including phenoxy) is 2. The van der Waals surface area contributed by atoms with E-state index in [1.807, 2.05) is 12.1 Å². The zero-order chi connectivity index (χ0) is 19.9. The molecule has 0 bridgehead atoms. The first kappa shape index (κ1) is 26.7. The molecule has 0 radical (unpaired) electrons. The van der Waals surface area contributed by atoms with Crippen LogP contribution in [0, 0.1) is 7.43 Å². The molecular formula is C24H33CsN4O2. The molecule has 2 fully saturated rings. The van der Waals surface area contributed by atoms with E-state index in [4.69, 9.17) is 15.2 Å². The topological polar surface area (TPSA) is 86.0 Å². The third kappa shape index (κ3) is 8.07. The van der Waals surface area contributed by atoms with E-state index in [0.717, 1.165) is 43.0 Å². The van der Waals surface area contributed by atoms with Crippen LogP contribution in [0.4, 0.5) is 5.82 Å². The molecule has 3 N–H and O–H groups in total. The summed E-state index contributed by atoms with van der Waals surface area (Å²) >= 11 is 0. The van der Waals surface area contributed by atoms with Crippen molar-refractivity contribution in [3.63, 3.8) is 0 Å². The summed E-state index contributed by atoms with van der Waals surface area (Å²) in [5.41, 5.74) is 9.18. The normalized spacial score (nSPS) is 16.6. The minimum Gasteiger partial charge on any atom is -0.493 e. The molecule has 1 aromatic carbocycles. The van der Waals surface area contributed by atoms with E-state index in [-0.39, 0.29) is 76.3 Å². The molecule has 1 saturated heterocycles. The first-order valence-electron chi connectivity index (χ1n) is 10.7. The molecule has 7 heteroatoms. The second-order valence-corrected chi connectivity index (χ2v) is 7.75. The Hall–Kier alpha value is -0.548. The number of aromatic nitrogens is 3. The molecular weight excluding hydrogens is 509 g/mol. The molecule has 6 rings (SSSR count). The molecule has 31 heavy (non-hydrogen) atoms. The quantitative estimate of drug-likeness (QED) is 0.460. The van der Waals surface area contributed by atoms with Crippen LogP contribution in [-0.4, -0.2) is 34.8 Å². The number of nitrogens with one attached hydrogen (secondary N) is 1. The second kappa shape index (κ2) is 13.9. The third-order valence-corrected chi connectivity index (χ3v) is 5.39. The molecule has 1 aliphatic carbocycles. The maximum Gasteiger partial charge on any atom is 1.00 e. The number of aryl methyl sites for hydroxylation is 1. The number of hydrogen-bond donors (Lipinski definition) is 2. The van der Waals surface area contributed by atoms with Gasteiger partial charge in [-0.1, -0.05) is 18.2 Å². The predicted molar refractivity (Wildman–Crippen MR) is 122 cm³/mol. The summed E-state index contributed by atoms with van der Waals surface area (Å²) in [5, 5.41) is 0.949. The number of H-pyrrole nitrogens is 1. The Morgan fingerprint density at radius 1 is 0.968 bits per heavy atom. The number of para-hydroxylation sites is 1. The van der Waals surface area contributed by atoms with Gasteiger partial charge in [-0.15, -0.1) is 0 Å². The summed E-state index contributed by atoms with van der Waals surface area (Å²) in [7, 11) is 0. The van der Waals surface area contributed by atoms with Crippen LogP contribution in [-0.2, 0) is 11.2 Å². The molecule has 162 valence electrons. The van der Waals surface area contributed by atoms with Crippen LogP contribution in [0.3, 0.4) is 0 Å². The molecule has 3 aromatic rings. The third-order valence-electron chi connectivity index (χ3n) is 5.39. The van der Waals surface area contributed by atoms with E-state index in [0.29, 0.717) is 11.7 Å². The van der Waals surface area contributed by atoms with Crippen LogP contribution >= 0.6 is 0 Å². The Bertz CT molecular complexity index is 886. The number of hydrogen-bond acceptors (Lipinski definition) is 5. The smallest absolute Gasteiger partial charge is 0.493 e. The number of nitrogens with two attached hydrogens (primary N) is 1. The minimum absolute atomic E-state index is 0. The Kier molecular flexibility index (Phi) is 12.0. The van der Waals surface area contributed by atoms with E-state index in [1.54, 1.807) is 0 Å². The number of benzene rings is 1. The van der Waals surface area contributed by atoms with Gasteiger partial charge in [-0.2, -0.15) is 0 Å². The molecule has 3 aliphatic rings. The van der Waals surface area contributed by atoms with Crippen LogP contribution in [0.1, 0.15) is 55.7 Å². The van der Waals surface area contributed by atoms with Gasteiger partial charge in [-0.25, -0.2) is 9.97 Å². The van der Waals surface area contributed by atoms with Gasteiger partial charge in [-0.05, 0) is 68.6 Å². The first-order valence-corrected chi connectivity index (χ1v) is 10.7. The number of fused-ring (bicyclic) bond motifs is 2. The van der Waals surface area contributed by atoms with Gasteiger partial charge in [0, 0.05) is 18.9 Å². The maximum atomic E-state index is 5.72. The van der Waals surface area contributed by atoms with Gasteiger partial charge in [0.25, 0.3) is 0 Å². The summed E-state index contributed by atoms with van der Waals surface area (Å²) in [4.78, 5) is 11.3. The van der Waals surface area contributed by atoms with Crippen LogP contribution in [0.25, 0.3) is 11.0 Å². The summed E-state index contributed by atoms with van der Waals surface area (Å²) in [6, 6.07) is 10.3. The van der Waals surface area contributed by atoms with Gasteiger partial charge >= 0.3 is 68.9 Å². The maximum absolute atomic E-state index is 5.72. The zero-order valence-electron chi connectivity index (χ0n) is 18.9. The van der Waals surface area contributed by atoms with E-state index >= 15 is 0 Å². The SMILES string of the molecule is C1CCOCC1.Nc1ncnc2[nH]c(C3CC3)cc12.[CH3-].[Cs+].c1ccc2c(c1)CCCO2. The monoisotopic (exact) mass is 542 g/mol. The van der Waals surface area contributed by atoms with E-state index < -0.39 is 0 Å². The molecule has 1 saturated carbocycles. The van der Waals surface area contributed by atoms with Gasteiger partial charge in [0.2, 0.25) is 0 Å². The second-order valence-electron chi connectivity index (χ2n) is 7.75. The van der Waals surface area contributed by atoms with Crippen molar-refractivity contribution in [2.75, 3.05) is 25.6 Å². The standard InChI is InChI=1S/C9H10N4.C9H10O.C5H10O.CH3.Cs/c10-8-6-3-7(5-1-2-5)13-9(6)12-4-11-8;1-2-6-9-8(4-1)5-3-7-10-9;1-2-4-6-5-3-1;;/h3-5H,1-2H2,(H3,10,11,12,13);1-2,4,6H,3,5,7H2;1-5H2;1H3;/q;;;-1;+1. The average Bonchev–Trinajstić information content (AvgIpc) is 3.55. The Morgan fingerprint density at radius 3 is 2.35 bits per heavy atom. The van der Waals surface area contributed by atoms with Gasteiger partial charge in [0.05, 0.1) is 12.0 Å². The number of aromatic amines is 1. The van der Waals surface area contributed by atoms with Gasteiger partial charge in [-0.3, -0.25) is 0 Å². The minimum atomic E-state index is 0. The van der Waals surface area contributed by atoms with Crippen molar-refractivity contribution in [1.82, 2.24) is 15.0 Å². The zero-order valence-corrected chi connectivity index (χ0v) is 25.2. The van der Waals surface area contributed by atoms with Crippen molar-refractivity contribution < 1.29 is 78.4 Å². The molecule has 2 aromatic heterocycles. The first-order chi connectivity index (χ1) is 14.3.